The lowest BCUT2D eigenvalue weighted by atomic mass is 10.1. The minimum absolute atomic E-state index is 0.0289. The monoisotopic (exact) mass is 717 g/mol. The topological polar surface area (TPSA) is 178 Å². The Morgan fingerprint density at radius 3 is 2.49 bits per heavy atom. The number of nitrogens with two attached hydrogens (primary N) is 1. The van der Waals surface area contributed by atoms with Crippen molar-refractivity contribution >= 4 is 41.1 Å². The highest BCUT2D eigenvalue weighted by molar-refractivity contribution is 6.30. The van der Waals surface area contributed by atoms with Gasteiger partial charge in [0.05, 0.1) is 23.4 Å². The van der Waals surface area contributed by atoms with Gasteiger partial charge >= 0.3 is 0 Å². The fraction of sp³-hybridized carbons (Fsp3) is 0.278. The molecular formula is C36H37ClFN7O6. The normalized spacial score (nSPS) is 16.4. The number of nitrogens with zero attached hydrogens (tertiary/aromatic N) is 3. The Morgan fingerprint density at radius 2 is 1.75 bits per heavy atom. The third-order valence-electron chi connectivity index (χ3n) is 8.05. The Hall–Kier alpha value is -5.76. The number of ether oxygens (including phenoxy) is 1. The maximum atomic E-state index is 14.3. The summed E-state index contributed by atoms with van der Waals surface area (Å²) in [5, 5.41) is 13.3. The average Bonchev–Trinajstić information content (AvgIpc) is 3.57. The number of halogens is 2. The van der Waals surface area contributed by atoms with Crippen LogP contribution in [0.4, 0.5) is 4.39 Å². The van der Waals surface area contributed by atoms with Gasteiger partial charge in [0.15, 0.2) is 0 Å². The van der Waals surface area contributed by atoms with Gasteiger partial charge in [-0.15, -0.1) is 0 Å². The van der Waals surface area contributed by atoms with Gasteiger partial charge in [0, 0.05) is 49.3 Å². The molecule has 15 heteroatoms. The molecule has 1 aromatic heterocycles. The quantitative estimate of drug-likeness (QED) is 0.237. The number of carbonyl (C=O) groups excluding carboxylic acids is 5. The van der Waals surface area contributed by atoms with Crippen LogP contribution in [0.3, 0.4) is 0 Å². The Balaban J connectivity index is 1.42. The molecular weight excluding hydrogens is 681 g/mol. The number of rotatable bonds is 6. The molecule has 266 valence electrons. The lowest BCUT2D eigenvalue weighted by Gasteiger charge is -2.24. The fourth-order valence-corrected chi connectivity index (χ4v) is 5.58. The molecule has 3 aromatic carbocycles. The largest absolute Gasteiger partial charge is 0.491 e. The van der Waals surface area contributed by atoms with Gasteiger partial charge in [0.2, 0.25) is 17.7 Å². The summed E-state index contributed by atoms with van der Waals surface area (Å²) >= 11 is 6.14. The standard InChI is InChI=1S/C36H37ClFN7O6/c37-24-10-8-23(9-11-24)33-28(22-45(43-33)26-5-2-1-3-6-26)36(50)44-18-4-7-32(47)40-17-20-51-30-14-12-25(38)21-27(30)34(48)42-29(13-15-31(39)46)35(49)41-16-19-44/h1-3,5-6,8-12,14,21-22,29H,4,7,13,15-20H2,(H2,39,46)(H,40,47)(H,41,49)(H,42,48)/t29-/m0/s1. The van der Waals surface area contributed by atoms with Crippen LogP contribution in [-0.4, -0.2) is 83.0 Å². The maximum Gasteiger partial charge on any atom is 0.257 e. The molecule has 5 amide bonds. The first-order chi connectivity index (χ1) is 24.6. The van der Waals surface area contributed by atoms with E-state index in [-0.39, 0.29) is 74.8 Å². The lowest BCUT2D eigenvalue weighted by Crippen LogP contribution is -2.49. The minimum atomic E-state index is -1.22. The van der Waals surface area contributed by atoms with Crippen LogP contribution in [0.25, 0.3) is 16.9 Å². The molecule has 13 nitrogen and oxygen atoms in total. The molecule has 1 aliphatic rings. The first-order valence-electron chi connectivity index (χ1n) is 16.4. The summed E-state index contributed by atoms with van der Waals surface area (Å²) < 4.78 is 21.5. The number of benzene rings is 3. The Labute approximate surface area is 298 Å². The van der Waals surface area contributed by atoms with Gasteiger partial charge in [-0.05, 0) is 55.3 Å². The number of carbonyl (C=O) groups is 5. The van der Waals surface area contributed by atoms with Crippen molar-refractivity contribution in [2.45, 2.75) is 31.7 Å². The second-order valence-corrected chi connectivity index (χ2v) is 12.2. The molecule has 0 saturated heterocycles. The van der Waals surface area contributed by atoms with E-state index in [1.54, 1.807) is 35.1 Å². The second-order valence-electron chi connectivity index (χ2n) is 11.7. The van der Waals surface area contributed by atoms with E-state index < -0.39 is 35.5 Å². The number of hydrogen-bond acceptors (Lipinski definition) is 7. The molecule has 1 atom stereocenters. The van der Waals surface area contributed by atoms with Gasteiger partial charge in [-0.1, -0.05) is 41.9 Å². The number of fused-ring (bicyclic) bond motifs is 1. The van der Waals surface area contributed by atoms with Crippen LogP contribution >= 0.6 is 11.6 Å². The molecule has 2 heterocycles. The van der Waals surface area contributed by atoms with E-state index in [4.69, 9.17) is 27.2 Å². The minimum Gasteiger partial charge on any atom is -0.491 e. The SMILES string of the molecule is NC(=O)CC[C@@H]1NC(=O)c2cc(F)ccc2OCCNC(=O)CCCN(C(=O)c2cn(-c3ccccc3)nc2-c2ccc(Cl)cc2)CCNC1=O. The first kappa shape index (κ1) is 36.5. The van der Waals surface area contributed by atoms with E-state index in [1.165, 1.54) is 11.0 Å². The van der Waals surface area contributed by atoms with Crippen molar-refractivity contribution < 1.29 is 33.1 Å². The molecule has 51 heavy (non-hydrogen) atoms. The molecule has 1 aliphatic heterocycles. The van der Waals surface area contributed by atoms with Gasteiger partial charge in [-0.2, -0.15) is 5.10 Å². The van der Waals surface area contributed by atoms with Crippen LogP contribution in [0.1, 0.15) is 46.4 Å². The van der Waals surface area contributed by atoms with Gasteiger partial charge < -0.3 is 31.3 Å². The van der Waals surface area contributed by atoms with E-state index in [2.05, 4.69) is 16.0 Å². The molecule has 0 fully saturated rings. The molecule has 0 bridgehead atoms. The predicted octanol–water partition coefficient (Wildman–Crippen LogP) is 3.24. The van der Waals surface area contributed by atoms with Crippen LogP contribution in [0.2, 0.25) is 5.02 Å². The predicted molar refractivity (Wildman–Crippen MR) is 187 cm³/mol. The van der Waals surface area contributed by atoms with Gasteiger partial charge in [0.1, 0.15) is 29.9 Å². The maximum absolute atomic E-state index is 14.3. The molecule has 5 rings (SSSR count). The van der Waals surface area contributed by atoms with Gasteiger partial charge in [-0.25, -0.2) is 9.07 Å². The van der Waals surface area contributed by atoms with E-state index in [0.717, 1.165) is 17.8 Å². The van der Waals surface area contributed by atoms with Crippen molar-refractivity contribution in [2.24, 2.45) is 5.73 Å². The van der Waals surface area contributed by atoms with Crippen LogP contribution in [0.5, 0.6) is 5.75 Å². The Bertz CT molecular complexity index is 1890. The van der Waals surface area contributed by atoms with Crippen molar-refractivity contribution in [3.05, 3.63) is 101 Å². The van der Waals surface area contributed by atoms with Crippen molar-refractivity contribution in [3.8, 4) is 22.7 Å². The Morgan fingerprint density at radius 1 is 0.980 bits per heavy atom. The number of amides is 5. The van der Waals surface area contributed by atoms with E-state index in [1.807, 2.05) is 30.3 Å². The fourth-order valence-electron chi connectivity index (χ4n) is 5.45. The number of hydrogen-bond donors (Lipinski definition) is 4. The second kappa shape index (κ2) is 17.3. The molecule has 0 saturated carbocycles. The molecule has 4 aromatic rings. The number of primary amides is 1. The van der Waals surface area contributed by atoms with E-state index in [9.17, 15) is 28.4 Å². The number of aromatic nitrogens is 2. The van der Waals surface area contributed by atoms with Crippen molar-refractivity contribution in [2.75, 3.05) is 32.8 Å². The van der Waals surface area contributed by atoms with Crippen molar-refractivity contribution in [1.29, 1.82) is 0 Å². The van der Waals surface area contributed by atoms with Gasteiger partial charge in [0.25, 0.3) is 11.8 Å². The van der Waals surface area contributed by atoms with Crippen LogP contribution in [0, 0.1) is 5.82 Å². The zero-order valence-electron chi connectivity index (χ0n) is 27.6. The average molecular weight is 718 g/mol. The lowest BCUT2D eigenvalue weighted by molar-refractivity contribution is -0.123. The van der Waals surface area contributed by atoms with E-state index in [0.29, 0.717) is 22.7 Å². The van der Waals surface area contributed by atoms with Gasteiger partial charge in [-0.3, -0.25) is 24.0 Å². The molecule has 0 radical (unpaired) electrons. The highest BCUT2D eigenvalue weighted by Gasteiger charge is 2.27. The third-order valence-corrected chi connectivity index (χ3v) is 8.30. The third kappa shape index (κ3) is 9.91. The first-order valence-corrected chi connectivity index (χ1v) is 16.7. The molecule has 5 N–H and O–H groups in total. The summed E-state index contributed by atoms with van der Waals surface area (Å²) in [5.74, 6) is -3.49. The van der Waals surface area contributed by atoms with Crippen LogP contribution < -0.4 is 26.4 Å². The Kier molecular flexibility index (Phi) is 12.4. The van der Waals surface area contributed by atoms with Crippen LogP contribution in [0.15, 0.2) is 79.0 Å². The van der Waals surface area contributed by atoms with E-state index >= 15 is 0 Å². The summed E-state index contributed by atoms with van der Waals surface area (Å²) in [6.45, 7) is 0.202. The zero-order chi connectivity index (χ0) is 36.3. The highest BCUT2D eigenvalue weighted by Crippen LogP contribution is 2.27. The summed E-state index contributed by atoms with van der Waals surface area (Å²) in [6.07, 6.45) is 1.68. The summed E-state index contributed by atoms with van der Waals surface area (Å²) in [4.78, 5) is 66.8. The summed E-state index contributed by atoms with van der Waals surface area (Å²) in [5.41, 5.74) is 7.24. The van der Waals surface area contributed by atoms with Crippen LogP contribution in [-0.2, 0) is 14.4 Å². The smallest absolute Gasteiger partial charge is 0.257 e. The number of para-hydroxylation sites is 1. The molecule has 0 unspecified atom stereocenters. The number of nitrogens with one attached hydrogen (secondary N) is 3. The summed E-state index contributed by atoms with van der Waals surface area (Å²) in [7, 11) is 0. The summed E-state index contributed by atoms with van der Waals surface area (Å²) in [6, 6.07) is 18.3. The van der Waals surface area contributed by atoms with Crippen molar-refractivity contribution in [3.63, 3.8) is 0 Å². The van der Waals surface area contributed by atoms with Crippen molar-refractivity contribution in [1.82, 2.24) is 30.6 Å². The zero-order valence-corrected chi connectivity index (χ0v) is 28.3. The highest BCUT2D eigenvalue weighted by atomic mass is 35.5. The molecule has 0 aliphatic carbocycles. The molecule has 0 spiro atoms.